The van der Waals surface area contributed by atoms with Crippen LogP contribution in [0.15, 0.2) is 42.6 Å². The minimum Gasteiger partial charge on any atom is -0.368 e. The third-order valence-electron chi connectivity index (χ3n) is 3.67. The number of nitrogens with one attached hydrogen (secondary N) is 2. The molecule has 0 unspecified atom stereocenters. The fraction of sp³-hybridized carbons (Fsp3) is 0.222. The molecule has 146 valence electrons. The molecule has 0 bridgehead atoms. The molecule has 0 aliphatic heterocycles. The number of hydrogen-bond donors (Lipinski definition) is 2. The van der Waals surface area contributed by atoms with E-state index in [9.17, 15) is 13.2 Å². The van der Waals surface area contributed by atoms with Gasteiger partial charge in [0.05, 0.1) is 5.69 Å². The molecule has 0 aliphatic rings. The Bertz CT molecular complexity index is 950. The zero-order valence-electron chi connectivity index (χ0n) is 14.8. The number of rotatable bonds is 6. The van der Waals surface area contributed by atoms with Crippen molar-refractivity contribution in [2.24, 2.45) is 0 Å². The van der Waals surface area contributed by atoms with Gasteiger partial charge in [0, 0.05) is 19.3 Å². The third kappa shape index (κ3) is 4.86. The lowest BCUT2D eigenvalue weighted by Gasteiger charge is -2.12. The highest BCUT2D eigenvalue weighted by Crippen LogP contribution is 2.28. The number of anilines is 2. The van der Waals surface area contributed by atoms with Crippen LogP contribution in [0.3, 0.4) is 0 Å². The van der Waals surface area contributed by atoms with Crippen LogP contribution in [-0.4, -0.2) is 33.0 Å². The van der Waals surface area contributed by atoms with E-state index in [1.165, 1.54) is 12.1 Å². The number of pyridine rings is 2. The van der Waals surface area contributed by atoms with Gasteiger partial charge in [-0.2, -0.15) is 13.2 Å². The molecule has 0 atom stereocenters. The Kier molecular flexibility index (Phi) is 5.93. The number of hydrogen-bond acceptors (Lipinski definition) is 6. The van der Waals surface area contributed by atoms with Crippen LogP contribution in [0.2, 0.25) is 5.02 Å². The summed E-state index contributed by atoms with van der Waals surface area (Å²) in [5.41, 5.74) is 0.254. The van der Waals surface area contributed by atoms with Gasteiger partial charge in [-0.15, -0.1) is 0 Å². The summed E-state index contributed by atoms with van der Waals surface area (Å²) in [5, 5.41) is 6.26. The average molecular weight is 409 g/mol. The number of nitrogens with zero attached hydrogens (tertiary/aromatic N) is 4. The molecule has 3 heterocycles. The molecule has 3 aromatic heterocycles. The molecule has 10 heteroatoms. The van der Waals surface area contributed by atoms with Crippen LogP contribution in [0.5, 0.6) is 0 Å². The van der Waals surface area contributed by atoms with Crippen LogP contribution in [0.1, 0.15) is 11.4 Å². The predicted molar refractivity (Wildman–Crippen MR) is 101 cm³/mol. The summed E-state index contributed by atoms with van der Waals surface area (Å²) in [6, 6.07) is 9.10. The Morgan fingerprint density at radius 2 is 1.75 bits per heavy atom. The second-order valence-corrected chi connectivity index (χ2v) is 6.15. The van der Waals surface area contributed by atoms with Crippen molar-refractivity contribution >= 4 is 23.2 Å². The summed E-state index contributed by atoms with van der Waals surface area (Å²) < 4.78 is 38.1. The number of aromatic nitrogens is 4. The molecule has 6 nitrogen and oxygen atoms in total. The molecule has 0 saturated heterocycles. The quantitative estimate of drug-likeness (QED) is 0.587. The molecular weight excluding hydrogens is 393 g/mol. The standard InChI is InChI=1S/C18H16ClF3N6/c1-11-15(19)17(28-16(26-11)12-5-2-3-8-23-12)25-10-9-24-14-7-4-6-13(27-14)18(20,21)22/h2-8H,9-10H2,1H3,(H,24,27)(H,25,26,28). The maximum atomic E-state index is 12.7. The number of aryl methyl sites for hydroxylation is 1. The molecule has 0 aliphatic carbocycles. The van der Waals surface area contributed by atoms with Gasteiger partial charge in [0.15, 0.2) is 5.82 Å². The van der Waals surface area contributed by atoms with Crippen molar-refractivity contribution < 1.29 is 13.2 Å². The molecule has 2 N–H and O–H groups in total. The van der Waals surface area contributed by atoms with E-state index in [-0.39, 0.29) is 5.82 Å². The normalized spacial score (nSPS) is 11.3. The topological polar surface area (TPSA) is 75.6 Å². The molecule has 0 aromatic carbocycles. The van der Waals surface area contributed by atoms with E-state index in [0.717, 1.165) is 6.07 Å². The second kappa shape index (κ2) is 8.39. The molecule has 3 rings (SSSR count). The first-order chi connectivity index (χ1) is 13.3. The highest BCUT2D eigenvalue weighted by molar-refractivity contribution is 6.33. The molecule has 0 saturated carbocycles. The van der Waals surface area contributed by atoms with Crippen molar-refractivity contribution in [2.45, 2.75) is 13.1 Å². The zero-order chi connectivity index (χ0) is 20.1. The van der Waals surface area contributed by atoms with Crippen LogP contribution < -0.4 is 10.6 Å². The molecule has 3 aromatic rings. The van der Waals surface area contributed by atoms with E-state index < -0.39 is 11.9 Å². The smallest absolute Gasteiger partial charge is 0.368 e. The summed E-state index contributed by atoms with van der Waals surface area (Å²) in [6.07, 6.45) is -2.84. The summed E-state index contributed by atoms with van der Waals surface area (Å²) in [5.74, 6) is 0.988. The first-order valence-electron chi connectivity index (χ1n) is 8.32. The summed E-state index contributed by atoms with van der Waals surface area (Å²) in [7, 11) is 0. The van der Waals surface area contributed by atoms with Crippen molar-refractivity contribution in [3.8, 4) is 11.5 Å². The van der Waals surface area contributed by atoms with Gasteiger partial charge in [0.1, 0.15) is 28.0 Å². The van der Waals surface area contributed by atoms with Gasteiger partial charge in [0.25, 0.3) is 0 Å². The maximum absolute atomic E-state index is 12.7. The fourth-order valence-corrected chi connectivity index (χ4v) is 2.50. The third-order valence-corrected chi connectivity index (χ3v) is 4.13. The molecule has 0 spiro atoms. The van der Waals surface area contributed by atoms with Crippen LogP contribution in [0.4, 0.5) is 24.8 Å². The molecule has 28 heavy (non-hydrogen) atoms. The van der Waals surface area contributed by atoms with Crippen molar-refractivity contribution in [2.75, 3.05) is 23.7 Å². The highest BCUT2D eigenvalue weighted by atomic mass is 35.5. The Hall–Kier alpha value is -2.94. The van der Waals surface area contributed by atoms with Crippen molar-refractivity contribution in [1.29, 1.82) is 0 Å². The van der Waals surface area contributed by atoms with Crippen LogP contribution in [-0.2, 0) is 6.18 Å². The van der Waals surface area contributed by atoms with Gasteiger partial charge < -0.3 is 10.6 Å². The Morgan fingerprint density at radius 1 is 0.964 bits per heavy atom. The van der Waals surface area contributed by atoms with Gasteiger partial charge in [-0.05, 0) is 31.2 Å². The van der Waals surface area contributed by atoms with Gasteiger partial charge >= 0.3 is 6.18 Å². The molecule has 0 radical (unpaired) electrons. The van der Waals surface area contributed by atoms with Crippen LogP contribution in [0, 0.1) is 6.92 Å². The van der Waals surface area contributed by atoms with Gasteiger partial charge in [0.2, 0.25) is 0 Å². The second-order valence-electron chi connectivity index (χ2n) is 5.77. The van der Waals surface area contributed by atoms with Crippen LogP contribution >= 0.6 is 11.6 Å². The summed E-state index contributed by atoms with van der Waals surface area (Å²) in [4.78, 5) is 16.5. The number of alkyl halides is 3. The zero-order valence-corrected chi connectivity index (χ0v) is 15.5. The minimum absolute atomic E-state index is 0.135. The number of halogens is 4. The van der Waals surface area contributed by atoms with E-state index in [1.807, 2.05) is 6.07 Å². The summed E-state index contributed by atoms with van der Waals surface area (Å²) in [6.45, 7) is 2.43. The fourth-order valence-electron chi connectivity index (χ4n) is 2.35. The molecule has 0 amide bonds. The van der Waals surface area contributed by atoms with E-state index in [0.29, 0.717) is 41.1 Å². The largest absolute Gasteiger partial charge is 0.433 e. The lowest BCUT2D eigenvalue weighted by atomic mass is 10.3. The van der Waals surface area contributed by atoms with Crippen molar-refractivity contribution in [1.82, 2.24) is 19.9 Å². The SMILES string of the molecule is Cc1nc(-c2ccccn2)nc(NCCNc2cccc(C(F)(F)F)n2)c1Cl. The highest BCUT2D eigenvalue weighted by Gasteiger charge is 2.32. The first-order valence-corrected chi connectivity index (χ1v) is 8.70. The Labute approximate surface area is 164 Å². The van der Waals surface area contributed by atoms with E-state index in [2.05, 4.69) is 30.6 Å². The van der Waals surface area contributed by atoms with Crippen LogP contribution in [0.25, 0.3) is 11.5 Å². The maximum Gasteiger partial charge on any atom is 0.433 e. The van der Waals surface area contributed by atoms with E-state index in [4.69, 9.17) is 11.6 Å². The lowest BCUT2D eigenvalue weighted by Crippen LogP contribution is -2.17. The van der Waals surface area contributed by atoms with Gasteiger partial charge in [-0.3, -0.25) is 4.98 Å². The minimum atomic E-state index is -4.48. The molecular formula is C18H16ClF3N6. The van der Waals surface area contributed by atoms with Crippen molar-refractivity contribution in [3.05, 3.63) is 59.0 Å². The Balaban J connectivity index is 1.64. The lowest BCUT2D eigenvalue weighted by molar-refractivity contribution is -0.141. The van der Waals surface area contributed by atoms with Crippen molar-refractivity contribution in [3.63, 3.8) is 0 Å². The monoisotopic (exact) mass is 408 g/mol. The first kappa shape index (κ1) is 19.8. The van der Waals surface area contributed by atoms with E-state index >= 15 is 0 Å². The van der Waals surface area contributed by atoms with Gasteiger partial charge in [-0.1, -0.05) is 23.7 Å². The summed E-state index contributed by atoms with van der Waals surface area (Å²) >= 11 is 6.25. The molecule has 0 fully saturated rings. The van der Waals surface area contributed by atoms with Gasteiger partial charge in [-0.25, -0.2) is 15.0 Å². The average Bonchev–Trinajstić information content (AvgIpc) is 2.68. The predicted octanol–water partition coefficient (Wildman–Crippen LogP) is 4.44. The van der Waals surface area contributed by atoms with E-state index in [1.54, 1.807) is 25.3 Å². The Morgan fingerprint density at radius 3 is 2.46 bits per heavy atom.